The number of amidine groups is 1. The monoisotopic (exact) mass is 246 g/mol. The van der Waals surface area contributed by atoms with E-state index in [9.17, 15) is 0 Å². The normalized spacial score (nSPS) is 18.6. The van der Waals surface area contributed by atoms with E-state index in [1.165, 1.54) is 0 Å². The lowest BCUT2D eigenvalue weighted by Crippen LogP contribution is -2.23. The van der Waals surface area contributed by atoms with E-state index in [2.05, 4.69) is 4.99 Å². The molecule has 3 rings (SSSR count). The van der Waals surface area contributed by atoms with Gasteiger partial charge in [-0.1, -0.05) is 23.7 Å². The minimum atomic E-state index is -0.0454. The summed E-state index contributed by atoms with van der Waals surface area (Å²) >= 11 is 6.13. The smallest absolute Gasteiger partial charge is 0.128 e. The number of nitrogens with zero attached hydrogens (tertiary/aromatic N) is 1. The predicted molar refractivity (Wildman–Crippen MR) is 67.3 cm³/mol. The molecule has 17 heavy (non-hydrogen) atoms. The molecule has 3 nitrogen and oxygen atoms in total. The van der Waals surface area contributed by atoms with Gasteiger partial charge in [-0.15, -0.1) is 0 Å². The van der Waals surface area contributed by atoms with E-state index < -0.39 is 0 Å². The molecule has 1 unspecified atom stereocenters. The highest BCUT2D eigenvalue weighted by molar-refractivity contribution is 6.34. The van der Waals surface area contributed by atoms with Gasteiger partial charge in [-0.05, 0) is 23.8 Å². The van der Waals surface area contributed by atoms with Gasteiger partial charge in [0, 0.05) is 12.0 Å². The zero-order valence-electron chi connectivity index (χ0n) is 9.06. The first-order valence-corrected chi connectivity index (χ1v) is 5.78. The zero-order valence-corrected chi connectivity index (χ0v) is 9.82. The number of furan rings is 1. The fourth-order valence-electron chi connectivity index (χ4n) is 2.16. The second-order valence-corrected chi connectivity index (χ2v) is 4.43. The van der Waals surface area contributed by atoms with Crippen molar-refractivity contribution < 1.29 is 4.42 Å². The van der Waals surface area contributed by atoms with Gasteiger partial charge in [0.05, 0.1) is 11.3 Å². The van der Waals surface area contributed by atoms with Gasteiger partial charge in [0.2, 0.25) is 0 Å². The Morgan fingerprint density at radius 2 is 2.18 bits per heavy atom. The first kappa shape index (κ1) is 10.4. The van der Waals surface area contributed by atoms with Crippen LogP contribution in [0, 0.1) is 0 Å². The summed E-state index contributed by atoms with van der Waals surface area (Å²) in [5.41, 5.74) is 7.94. The van der Waals surface area contributed by atoms with E-state index >= 15 is 0 Å². The Hall–Kier alpha value is -1.74. The molecule has 0 amide bonds. The minimum Gasteiger partial charge on any atom is -0.467 e. The van der Waals surface area contributed by atoms with Gasteiger partial charge in [0.15, 0.2) is 0 Å². The Balaban J connectivity index is 2.07. The van der Waals surface area contributed by atoms with Crippen molar-refractivity contribution in [3.8, 4) is 0 Å². The summed E-state index contributed by atoms with van der Waals surface area (Å²) < 4.78 is 5.37. The Kier molecular flexibility index (Phi) is 2.41. The van der Waals surface area contributed by atoms with Crippen molar-refractivity contribution >= 4 is 17.4 Å². The third-order valence-electron chi connectivity index (χ3n) is 2.94. The van der Waals surface area contributed by atoms with Crippen LogP contribution in [0.3, 0.4) is 0 Å². The standard InChI is InChI=1S/C13H11ClN2O/c14-9-4-1-3-8-7-10(11-5-2-6-17-11)16-13(15)12(8)9/h1-6,10H,7H2,(H2,15,16). The van der Waals surface area contributed by atoms with Gasteiger partial charge in [0.1, 0.15) is 17.6 Å². The van der Waals surface area contributed by atoms with E-state index in [1.54, 1.807) is 6.26 Å². The maximum absolute atomic E-state index is 6.13. The van der Waals surface area contributed by atoms with E-state index in [-0.39, 0.29) is 6.04 Å². The fraction of sp³-hybridized carbons (Fsp3) is 0.154. The number of halogens is 1. The number of fused-ring (bicyclic) bond motifs is 1. The third-order valence-corrected chi connectivity index (χ3v) is 3.25. The van der Waals surface area contributed by atoms with Crippen LogP contribution < -0.4 is 5.73 Å². The van der Waals surface area contributed by atoms with E-state index in [1.807, 2.05) is 30.3 Å². The summed E-state index contributed by atoms with van der Waals surface area (Å²) in [4.78, 5) is 4.44. The zero-order chi connectivity index (χ0) is 11.8. The molecule has 0 radical (unpaired) electrons. The molecule has 86 valence electrons. The van der Waals surface area contributed by atoms with Crippen LogP contribution in [0.15, 0.2) is 46.0 Å². The Morgan fingerprint density at radius 1 is 1.29 bits per heavy atom. The van der Waals surface area contributed by atoms with Crippen LogP contribution in [0.1, 0.15) is 22.9 Å². The van der Waals surface area contributed by atoms with Gasteiger partial charge in [0.25, 0.3) is 0 Å². The highest BCUT2D eigenvalue weighted by Gasteiger charge is 2.23. The number of nitrogens with two attached hydrogens (primary N) is 1. The summed E-state index contributed by atoms with van der Waals surface area (Å²) in [7, 11) is 0. The highest BCUT2D eigenvalue weighted by atomic mass is 35.5. The maximum Gasteiger partial charge on any atom is 0.128 e. The summed E-state index contributed by atoms with van der Waals surface area (Å²) in [5, 5.41) is 0.654. The molecule has 1 aliphatic heterocycles. The van der Waals surface area contributed by atoms with Crippen LogP contribution >= 0.6 is 11.6 Å². The molecule has 1 aliphatic rings. The van der Waals surface area contributed by atoms with E-state index in [0.717, 1.165) is 23.3 Å². The molecular weight excluding hydrogens is 236 g/mol. The molecule has 1 atom stereocenters. The van der Waals surface area contributed by atoms with Crippen molar-refractivity contribution in [1.82, 2.24) is 0 Å². The maximum atomic E-state index is 6.13. The van der Waals surface area contributed by atoms with Gasteiger partial charge < -0.3 is 10.2 Å². The molecule has 0 spiro atoms. The van der Waals surface area contributed by atoms with Crippen molar-refractivity contribution in [2.75, 3.05) is 0 Å². The lowest BCUT2D eigenvalue weighted by Gasteiger charge is -2.20. The molecular formula is C13H11ClN2O. The number of hydrogen-bond donors (Lipinski definition) is 1. The van der Waals surface area contributed by atoms with E-state index in [0.29, 0.717) is 10.9 Å². The van der Waals surface area contributed by atoms with Crippen LogP contribution in [0.4, 0.5) is 0 Å². The molecule has 0 fully saturated rings. The van der Waals surface area contributed by atoms with Crippen LogP contribution in [0.2, 0.25) is 5.02 Å². The van der Waals surface area contributed by atoms with Crippen LogP contribution in [0.5, 0.6) is 0 Å². The first-order valence-electron chi connectivity index (χ1n) is 5.40. The SMILES string of the molecule is NC1=NC(c2ccco2)Cc2cccc(Cl)c21. The summed E-state index contributed by atoms with van der Waals surface area (Å²) in [6, 6.07) is 9.51. The Labute approximate surface area is 104 Å². The van der Waals surface area contributed by atoms with Gasteiger partial charge in [-0.3, -0.25) is 4.99 Å². The molecule has 0 saturated heterocycles. The molecule has 2 N–H and O–H groups in total. The van der Waals surface area contributed by atoms with Gasteiger partial charge in [-0.25, -0.2) is 0 Å². The molecule has 2 heterocycles. The third kappa shape index (κ3) is 1.72. The van der Waals surface area contributed by atoms with Crippen LogP contribution in [-0.4, -0.2) is 5.84 Å². The second-order valence-electron chi connectivity index (χ2n) is 4.02. The van der Waals surface area contributed by atoms with Crippen molar-refractivity contribution in [2.45, 2.75) is 12.5 Å². The lowest BCUT2D eigenvalue weighted by atomic mass is 9.95. The second kappa shape index (κ2) is 3.93. The van der Waals surface area contributed by atoms with E-state index in [4.69, 9.17) is 21.8 Å². The molecule has 2 aromatic rings. The largest absolute Gasteiger partial charge is 0.467 e. The predicted octanol–water partition coefficient (Wildman–Crippen LogP) is 2.94. The Bertz CT molecular complexity index is 575. The molecule has 0 aliphatic carbocycles. The average Bonchev–Trinajstić information content (AvgIpc) is 2.81. The molecule has 1 aromatic heterocycles. The molecule has 0 bridgehead atoms. The minimum absolute atomic E-state index is 0.0454. The first-order chi connectivity index (χ1) is 8.25. The molecule has 0 saturated carbocycles. The molecule has 1 aromatic carbocycles. The average molecular weight is 247 g/mol. The highest BCUT2D eigenvalue weighted by Crippen LogP contribution is 2.32. The van der Waals surface area contributed by atoms with Crippen molar-refractivity contribution in [2.24, 2.45) is 10.7 Å². The number of aliphatic imine (C=N–C) groups is 1. The number of hydrogen-bond acceptors (Lipinski definition) is 3. The fourth-order valence-corrected chi connectivity index (χ4v) is 2.45. The summed E-state index contributed by atoms with van der Waals surface area (Å²) in [6.07, 6.45) is 2.42. The number of rotatable bonds is 1. The molecule has 4 heteroatoms. The summed E-state index contributed by atoms with van der Waals surface area (Å²) in [5.74, 6) is 1.32. The van der Waals surface area contributed by atoms with Crippen LogP contribution in [0.25, 0.3) is 0 Å². The lowest BCUT2D eigenvalue weighted by molar-refractivity contribution is 0.463. The van der Waals surface area contributed by atoms with Crippen molar-refractivity contribution in [3.63, 3.8) is 0 Å². The summed E-state index contributed by atoms with van der Waals surface area (Å²) in [6.45, 7) is 0. The Morgan fingerprint density at radius 3 is 2.94 bits per heavy atom. The van der Waals surface area contributed by atoms with Gasteiger partial charge in [-0.2, -0.15) is 0 Å². The number of benzene rings is 1. The van der Waals surface area contributed by atoms with Gasteiger partial charge >= 0.3 is 0 Å². The van der Waals surface area contributed by atoms with Crippen molar-refractivity contribution in [3.05, 3.63) is 58.5 Å². The van der Waals surface area contributed by atoms with Crippen LogP contribution in [-0.2, 0) is 6.42 Å². The topological polar surface area (TPSA) is 51.5 Å². The quantitative estimate of drug-likeness (QED) is 0.841. The van der Waals surface area contributed by atoms with Crippen molar-refractivity contribution in [1.29, 1.82) is 0 Å².